The summed E-state index contributed by atoms with van der Waals surface area (Å²) in [5.41, 5.74) is 1.36. The fourth-order valence-electron chi connectivity index (χ4n) is 5.99. The number of nitrogens with zero attached hydrogens (tertiary/aromatic N) is 3. The van der Waals surface area contributed by atoms with Crippen molar-refractivity contribution in [2.75, 3.05) is 53.0 Å². The molecule has 0 aliphatic carbocycles. The van der Waals surface area contributed by atoms with E-state index in [1.807, 2.05) is 18.7 Å². The summed E-state index contributed by atoms with van der Waals surface area (Å²) in [5.74, 6) is 0.680. The van der Waals surface area contributed by atoms with Gasteiger partial charge < -0.3 is 19.3 Å². The SMILES string of the molecule is COc1cc(C)c(S(=O)(=O)N2CCCCC2COCC(=O)N2CCCC2CN2CCCC2)c(C)c1. The van der Waals surface area contributed by atoms with Gasteiger partial charge in [0.2, 0.25) is 15.9 Å². The number of methoxy groups -OCH3 is 1. The first kappa shape index (κ1) is 26.4. The molecule has 3 fully saturated rings. The lowest BCUT2D eigenvalue weighted by Crippen LogP contribution is -2.47. The van der Waals surface area contributed by atoms with Gasteiger partial charge in [0.15, 0.2) is 0 Å². The lowest BCUT2D eigenvalue weighted by molar-refractivity contribution is -0.137. The van der Waals surface area contributed by atoms with Crippen LogP contribution in [0, 0.1) is 13.8 Å². The highest BCUT2D eigenvalue weighted by Gasteiger charge is 2.36. The van der Waals surface area contributed by atoms with Gasteiger partial charge in [-0.25, -0.2) is 8.42 Å². The minimum atomic E-state index is -3.69. The first-order valence-electron chi connectivity index (χ1n) is 13.1. The minimum absolute atomic E-state index is 0.0154. The molecule has 4 rings (SSSR count). The first-order chi connectivity index (χ1) is 16.8. The maximum absolute atomic E-state index is 13.7. The number of hydrogen-bond donors (Lipinski definition) is 0. The van der Waals surface area contributed by atoms with Crippen molar-refractivity contribution in [1.82, 2.24) is 14.1 Å². The van der Waals surface area contributed by atoms with Gasteiger partial charge >= 0.3 is 0 Å². The van der Waals surface area contributed by atoms with E-state index in [0.717, 1.165) is 58.3 Å². The second-order valence-electron chi connectivity index (χ2n) is 10.3. The van der Waals surface area contributed by atoms with E-state index in [2.05, 4.69) is 4.90 Å². The summed E-state index contributed by atoms with van der Waals surface area (Å²) in [6.07, 6.45) is 7.12. The average molecular weight is 508 g/mol. The number of hydrogen-bond acceptors (Lipinski definition) is 6. The zero-order valence-electron chi connectivity index (χ0n) is 21.5. The smallest absolute Gasteiger partial charge is 0.248 e. The Morgan fingerprint density at radius 3 is 2.29 bits per heavy atom. The molecule has 35 heavy (non-hydrogen) atoms. The minimum Gasteiger partial charge on any atom is -0.497 e. The fraction of sp³-hybridized carbons (Fsp3) is 0.731. The van der Waals surface area contributed by atoms with E-state index in [-0.39, 0.29) is 31.2 Å². The molecule has 1 aromatic rings. The second kappa shape index (κ2) is 11.6. The van der Waals surface area contributed by atoms with Crippen molar-refractivity contribution < 1.29 is 22.7 Å². The third-order valence-electron chi connectivity index (χ3n) is 7.71. The molecule has 196 valence electrons. The third-order valence-corrected chi connectivity index (χ3v) is 9.97. The highest BCUT2D eigenvalue weighted by molar-refractivity contribution is 7.89. The van der Waals surface area contributed by atoms with Crippen molar-refractivity contribution in [3.63, 3.8) is 0 Å². The molecule has 0 aromatic heterocycles. The van der Waals surface area contributed by atoms with E-state index < -0.39 is 10.0 Å². The molecule has 2 atom stereocenters. The zero-order valence-corrected chi connectivity index (χ0v) is 22.3. The quantitative estimate of drug-likeness (QED) is 0.511. The third kappa shape index (κ3) is 6.01. The Morgan fingerprint density at radius 2 is 1.60 bits per heavy atom. The average Bonchev–Trinajstić information content (AvgIpc) is 3.51. The lowest BCUT2D eigenvalue weighted by atomic mass is 10.1. The standard InChI is InChI=1S/C26H41N3O5S/c1-20-15-24(33-3)16-21(2)26(20)35(31,32)29-14-5-4-9-23(29)18-34-19-25(30)28-13-8-10-22(28)17-27-11-6-7-12-27/h15-16,22-23H,4-14,17-19H2,1-3H3. The molecule has 3 aliphatic heterocycles. The lowest BCUT2D eigenvalue weighted by Gasteiger charge is -2.35. The fourth-order valence-corrected chi connectivity index (χ4v) is 8.09. The Bertz CT molecular complexity index is 970. The van der Waals surface area contributed by atoms with Crippen molar-refractivity contribution in [3.05, 3.63) is 23.3 Å². The summed E-state index contributed by atoms with van der Waals surface area (Å²) in [6.45, 7) is 8.37. The highest BCUT2D eigenvalue weighted by atomic mass is 32.2. The molecule has 1 amide bonds. The van der Waals surface area contributed by atoms with E-state index in [9.17, 15) is 13.2 Å². The van der Waals surface area contributed by atoms with Crippen LogP contribution in [0.5, 0.6) is 5.75 Å². The molecule has 3 aliphatic rings. The maximum atomic E-state index is 13.7. The van der Waals surface area contributed by atoms with Gasteiger partial charge in [-0.05, 0) is 88.7 Å². The van der Waals surface area contributed by atoms with Gasteiger partial charge in [0, 0.05) is 31.7 Å². The zero-order chi connectivity index (χ0) is 25.0. The number of ether oxygens (including phenoxy) is 2. The van der Waals surface area contributed by atoms with Crippen molar-refractivity contribution >= 4 is 15.9 Å². The molecule has 9 heteroatoms. The molecule has 0 bridgehead atoms. The largest absolute Gasteiger partial charge is 0.497 e. The summed E-state index contributed by atoms with van der Waals surface area (Å²) in [4.78, 5) is 17.8. The summed E-state index contributed by atoms with van der Waals surface area (Å²) in [7, 11) is -2.11. The van der Waals surface area contributed by atoms with Crippen LogP contribution in [0.1, 0.15) is 56.1 Å². The Balaban J connectivity index is 1.37. The summed E-state index contributed by atoms with van der Waals surface area (Å²) in [6, 6.07) is 3.55. The number of carbonyl (C=O) groups is 1. The molecule has 0 spiro atoms. The predicted molar refractivity (Wildman–Crippen MR) is 135 cm³/mol. The molecule has 3 heterocycles. The van der Waals surface area contributed by atoms with E-state index in [1.165, 1.54) is 12.8 Å². The number of piperidine rings is 1. The van der Waals surface area contributed by atoms with E-state index in [1.54, 1.807) is 23.5 Å². The normalized spacial score (nSPS) is 24.3. The van der Waals surface area contributed by atoms with Crippen LogP contribution in [0.4, 0.5) is 0 Å². The van der Waals surface area contributed by atoms with Crippen LogP contribution >= 0.6 is 0 Å². The number of carbonyl (C=O) groups excluding carboxylic acids is 1. The van der Waals surface area contributed by atoms with Crippen LogP contribution in [-0.4, -0.2) is 93.6 Å². The Labute approximate surface area is 210 Å². The van der Waals surface area contributed by atoms with Crippen LogP contribution in [0.15, 0.2) is 17.0 Å². The number of aryl methyl sites for hydroxylation is 2. The van der Waals surface area contributed by atoms with Gasteiger partial charge in [-0.2, -0.15) is 4.31 Å². The van der Waals surface area contributed by atoms with Gasteiger partial charge in [0.05, 0.1) is 18.6 Å². The van der Waals surface area contributed by atoms with E-state index in [4.69, 9.17) is 9.47 Å². The first-order valence-corrected chi connectivity index (χ1v) is 14.5. The van der Waals surface area contributed by atoms with Crippen LogP contribution < -0.4 is 4.74 Å². The Morgan fingerprint density at radius 1 is 0.943 bits per heavy atom. The maximum Gasteiger partial charge on any atom is 0.248 e. The highest BCUT2D eigenvalue weighted by Crippen LogP contribution is 2.32. The Kier molecular flexibility index (Phi) is 8.73. The van der Waals surface area contributed by atoms with Gasteiger partial charge in [0.1, 0.15) is 12.4 Å². The van der Waals surface area contributed by atoms with E-state index >= 15 is 0 Å². The number of rotatable bonds is 9. The number of sulfonamides is 1. The van der Waals surface area contributed by atoms with Crippen LogP contribution in [0.3, 0.4) is 0 Å². The molecule has 0 radical (unpaired) electrons. The molecule has 1 aromatic carbocycles. The monoisotopic (exact) mass is 507 g/mol. The van der Waals surface area contributed by atoms with Crippen molar-refractivity contribution in [3.8, 4) is 5.75 Å². The van der Waals surface area contributed by atoms with E-state index in [0.29, 0.717) is 28.3 Å². The Hall–Kier alpha value is -1.68. The molecule has 8 nitrogen and oxygen atoms in total. The molecule has 0 saturated carbocycles. The van der Waals surface area contributed by atoms with Crippen molar-refractivity contribution in [2.45, 2.75) is 75.8 Å². The van der Waals surface area contributed by atoms with Crippen LogP contribution in [0.25, 0.3) is 0 Å². The van der Waals surface area contributed by atoms with Crippen molar-refractivity contribution in [2.24, 2.45) is 0 Å². The summed E-state index contributed by atoms with van der Waals surface area (Å²) in [5, 5.41) is 0. The van der Waals surface area contributed by atoms with Gasteiger partial charge in [-0.3, -0.25) is 4.79 Å². The molecule has 2 unspecified atom stereocenters. The summed E-state index contributed by atoms with van der Waals surface area (Å²) < 4.78 is 40.2. The molecular weight excluding hydrogens is 466 g/mol. The predicted octanol–water partition coefficient (Wildman–Crippen LogP) is 2.96. The van der Waals surface area contributed by atoms with Gasteiger partial charge in [0.25, 0.3) is 0 Å². The number of benzene rings is 1. The molecule has 0 N–H and O–H groups in total. The second-order valence-corrected chi connectivity index (χ2v) is 12.1. The topological polar surface area (TPSA) is 79.4 Å². The number of likely N-dealkylation sites (tertiary alicyclic amines) is 2. The molecule has 3 saturated heterocycles. The number of amides is 1. The van der Waals surface area contributed by atoms with Crippen molar-refractivity contribution in [1.29, 1.82) is 0 Å². The van der Waals surface area contributed by atoms with Gasteiger partial charge in [-0.1, -0.05) is 6.42 Å². The van der Waals surface area contributed by atoms with Crippen LogP contribution in [-0.2, 0) is 19.6 Å². The van der Waals surface area contributed by atoms with Gasteiger partial charge in [-0.15, -0.1) is 0 Å². The molecular formula is C26H41N3O5S. The summed E-state index contributed by atoms with van der Waals surface area (Å²) >= 11 is 0. The van der Waals surface area contributed by atoms with Crippen LogP contribution in [0.2, 0.25) is 0 Å².